The van der Waals surface area contributed by atoms with Gasteiger partial charge in [0.05, 0.1) is 29.7 Å². The van der Waals surface area contributed by atoms with Crippen molar-refractivity contribution in [2.45, 2.75) is 40.2 Å². The van der Waals surface area contributed by atoms with E-state index in [0.29, 0.717) is 41.1 Å². The SMILES string of the molecule is CCC(c1nc2ccccc2c(=O)n1-c1ccccc1OC)N(CC(C)C)C(=O)Nc1ccccc1C. The average molecular weight is 499 g/mol. The number of carbonyl (C=O) groups excluding carboxylic acids is 1. The van der Waals surface area contributed by atoms with E-state index >= 15 is 0 Å². The number of ether oxygens (including phenoxy) is 1. The topological polar surface area (TPSA) is 76.5 Å². The highest BCUT2D eigenvalue weighted by Crippen LogP contribution is 2.30. The number of benzene rings is 3. The molecule has 2 amide bonds. The third-order valence-electron chi connectivity index (χ3n) is 6.40. The van der Waals surface area contributed by atoms with Crippen LogP contribution < -0.4 is 15.6 Å². The van der Waals surface area contributed by atoms with Crippen LogP contribution in [0.2, 0.25) is 0 Å². The van der Waals surface area contributed by atoms with E-state index in [9.17, 15) is 9.59 Å². The van der Waals surface area contributed by atoms with Crippen LogP contribution in [0.3, 0.4) is 0 Å². The van der Waals surface area contributed by atoms with E-state index in [1.807, 2.05) is 80.6 Å². The number of nitrogens with zero attached hydrogens (tertiary/aromatic N) is 3. The number of aryl methyl sites for hydroxylation is 1. The van der Waals surface area contributed by atoms with Gasteiger partial charge >= 0.3 is 6.03 Å². The van der Waals surface area contributed by atoms with Crippen LogP contribution in [-0.4, -0.2) is 34.1 Å². The molecule has 7 nitrogen and oxygen atoms in total. The van der Waals surface area contributed by atoms with Crippen LogP contribution >= 0.6 is 0 Å². The summed E-state index contributed by atoms with van der Waals surface area (Å²) in [7, 11) is 1.58. The summed E-state index contributed by atoms with van der Waals surface area (Å²) in [6.07, 6.45) is 0.563. The Morgan fingerprint density at radius 1 is 1.03 bits per heavy atom. The highest BCUT2D eigenvalue weighted by Gasteiger charge is 2.30. The van der Waals surface area contributed by atoms with Crippen molar-refractivity contribution >= 4 is 22.6 Å². The van der Waals surface area contributed by atoms with Crippen molar-refractivity contribution < 1.29 is 9.53 Å². The third kappa shape index (κ3) is 5.35. The Labute approximate surface area is 217 Å². The maximum atomic E-state index is 13.9. The van der Waals surface area contributed by atoms with Crippen LogP contribution in [0.4, 0.5) is 10.5 Å². The number of para-hydroxylation sites is 4. The van der Waals surface area contributed by atoms with Gasteiger partial charge in [-0.25, -0.2) is 9.78 Å². The van der Waals surface area contributed by atoms with E-state index in [1.165, 1.54) is 0 Å². The molecule has 0 aliphatic rings. The predicted octanol–water partition coefficient (Wildman–Crippen LogP) is 6.34. The lowest BCUT2D eigenvalue weighted by Gasteiger charge is -2.34. The zero-order valence-corrected chi connectivity index (χ0v) is 22.1. The molecule has 0 saturated carbocycles. The third-order valence-corrected chi connectivity index (χ3v) is 6.40. The highest BCUT2D eigenvalue weighted by atomic mass is 16.5. The maximum Gasteiger partial charge on any atom is 0.322 e. The molecule has 0 bridgehead atoms. The minimum atomic E-state index is -0.464. The summed E-state index contributed by atoms with van der Waals surface area (Å²) in [5, 5.41) is 3.59. The Bertz CT molecular complexity index is 1460. The fourth-order valence-electron chi connectivity index (χ4n) is 4.61. The molecule has 0 saturated heterocycles. The Morgan fingerprint density at radius 3 is 2.41 bits per heavy atom. The maximum absolute atomic E-state index is 13.9. The van der Waals surface area contributed by atoms with E-state index in [0.717, 1.165) is 11.3 Å². The van der Waals surface area contributed by atoms with Crippen LogP contribution in [-0.2, 0) is 0 Å². The summed E-state index contributed by atoms with van der Waals surface area (Å²) < 4.78 is 7.22. The smallest absolute Gasteiger partial charge is 0.322 e. The molecule has 3 aromatic carbocycles. The van der Waals surface area contributed by atoms with E-state index in [-0.39, 0.29) is 17.5 Å². The molecule has 1 N–H and O–H groups in total. The summed E-state index contributed by atoms with van der Waals surface area (Å²) in [5.41, 5.74) is 2.71. The number of rotatable bonds is 8. The number of nitrogens with one attached hydrogen (secondary N) is 1. The summed E-state index contributed by atoms with van der Waals surface area (Å²) in [4.78, 5) is 34.5. The number of hydrogen-bond donors (Lipinski definition) is 1. The number of hydrogen-bond acceptors (Lipinski definition) is 4. The van der Waals surface area contributed by atoms with Gasteiger partial charge < -0.3 is 15.0 Å². The van der Waals surface area contributed by atoms with Crippen molar-refractivity contribution in [1.82, 2.24) is 14.5 Å². The Balaban J connectivity index is 1.92. The van der Waals surface area contributed by atoms with Crippen LogP contribution in [0.1, 0.15) is 44.6 Å². The first-order valence-corrected chi connectivity index (χ1v) is 12.6. The van der Waals surface area contributed by atoms with Gasteiger partial charge in [0, 0.05) is 12.2 Å². The van der Waals surface area contributed by atoms with Gasteiger partial charge in [-0.2, -0.15) is 0 Å². The molecule has 1 atom stereocenters. The molecule has 0 radical (unpaired) electrons. The zero-order valence-electron chi connectivity index (χ0n) is 22.1. The van der Waals surface area contributed by atoms with Gasteiger partial charge in [0.2, 0.25) is 0 Å². The van der Waals surface area contributed by atoms with Crippen LogP contribution in [0.25, 0.3) is 16.6 Å². The lowest BCUT2D eigenvalue weighted by molar-refractivity contribution is 0.171. The standard InChI is InChI=1S/C30H34N4O3/c1-6-25(33(19-20(2)3)30(36)32-23-15-9-7-13-21(23)4)28-31-24-16-10-8-14-22(24)29(35)34(28)26-17-11-12-18-27(26)37-5/h7-18,20,25H,6,19H2,1-5H3,(H,32,36). The number of amides is 2. The largest absolute Gasteiger partial charge is 0.495 e. The van der Waals surface area contributed by atoms with Gasteiger partial charge in [-0.1, -0.05) is 63.2 Å². The second-order valence-corrected chi connectivity index (χ2v) is 9.51. The molecule has 4 aromatic rings. The first-order chi connectivity index (χ1) is 17.8. The zero-order chi connectivity index (χ0) is 26.5. The molecular weight excluding hydrogens is 464 g/mol. The monoisotopic (exact) mass is 498 g/mol. The van der Waals surface area contributed by atoms with Crippen molar-refractivity contribution in [3.05, 3.63) is 94.5 Å². The number of fused-ring (bicyclic) bond motifs is 1. The van der Waals surface area contributed by atoms with E-state index in [4.69, 9.17) is 9.72 Å². The Kier molecular flexibility index (Phi) is 7.92. The number of methoxy groups -OCH3 is 1. The fourth-order valence-corrected chi connectivity index (χ4v) is 4.61. The number of aromatic nitrogens is 2. The lowest BCUT2D eigenvalue weighted by atomic mass is 10.1. The summed E-state index contributed by atoms with van der Waals surface area (Å²) in [5.74, 6) is 1.25. The van der Waals surface area contributed by atoms with Crippen molar-refractivity contribution in [2.24, 2.45) is 5.92 Å². The molecule has 0 aliphatic heterocycles. The number of carbonyl (C=O) groups is 1. The molecule has 0 aliphatic carbocycles. The van der Waals surface area contributed by atoms with Crippen molar-refractivity contribution in [1.29, 1.82) is 0 Å². The second-order valence-electron chi connectivity index (χ2n) is 9.51. The van der Waals surface area contributed by atoms with E-state index in [2.05, 4.69) is 19.2 Å². The van der Waals surface area contributed by atoms with Gasteiger partial charge in [0.1, 0.15) is 11.6 Å². The molecule has 1 heterocycles. The van der Waals surface area contributed by atoms with Gasteiger partial charge in [-0.15, -0.1) is 0 Å². The van der Waals surface area contributed by atoms with Crippen LogP contribution in [0.15, 0.2) is 77.6 Å². The molecule has 37 heavy (non-hydrogen) atoms. The molecule has 0 fully saturated rings. The lowest BCUT2D eigenvalue weighted by Crippen LogP contribution is -2.42. The summed E-state index contributed by atoms with van der Waals surface area (Å²) >= 11 is 0. The molecule has 1 unspecified atom stereocenters. The normalized spacial score (nSPS) is 11.9. The van der Waals surface area contributed by atoms with Gasteiger partial charge in [0.15, 0.2) is 0 Å². The van der Waals surface area contributed by atoms with Crippen molar-refractivity contribution in [2.75, 3.05) is 19.0 Å². The van der Waals surface area contributed by atoms with Crippen molar-refractivity contribution in [3.8, 4) is 11.4 Å². The van der Waals surface area contributed by atoms with Crippen LogP contribution in [0, 0.1) is 12.8 Å². The molecule has 1 aromatic heterocycles. The van der Waals surface area contributed by atoms with Crippen LogP contribution in [0.5, 0.6) is 5.75 Å². The van der Waals surface area contributed by atoms with Gasteiger partial charge in [0.25, 0.3) is 5.56 Å². The van der Waals surface area contributed by atoms with Gasteiger partial charge in [-0.05, 0) is 55.2 Å². The molecular formula is C30H34N4O3. The van der Waals surface area contributed by atoms with Gasteiger partial charge in [-0.3, -0.25) is 9.36 Å². The Morgan fingerprint density at radius 2 is 1.70 bits per heavy atom. The first-order valence-electron chi connectivity index (χ1n) is 12.6. The fraction of sp³-hybridized carbons (Fsp3) is 0.300. The molecule has 0 spiro atoms. The summed E-state index contributed by atoms with van der Waals surface area (Å²) in [6, 6.07) is 21.7. The Hall–Kier alpha value is -4.13. The average Bonchev–Trinajstić information content (AvgIpc) is 2.90. The van der Waals surface area contributed by atoms with Crippen molar-refractivity contribution in [3.63, 3.8) is 0 Å². The number of anilines is 1. The quantitative estimate of drug-likeness (QED) is 0.307. The first kappa shape index (κ1) is 25.9. The minimum absolute atomic E-state index is 0.198. The molecule has 7 heteroatoms. The predicted molar refractivity (Wildman–Crippen MR) is 149 cm³/mol. The highest BCUT2D eigenvalue weighted by molar-refractivity contribution is 5.90. The number of urea groups is 1. The van der Waals surface area contributed by atoms with E-state index in [1.54, 1.807) is 22.6 Å². The second kappa shape index (κ2) is 11.3. The minimum Gasteiger partial charge on any atom is -0.495 e. The summed E-state index contributed by atoms with van der Waals surface area (Å²) in [6.45, 7) is 8.60. The molecule has 4 rings (SSSR count). The molecule has 192 valence electrons. The van der Waals surface area contributed by atoms with E-state index < -0.39 is 6.04 Å².